The first-order valence-electron chi connectivity index (χ1n) is 10.9. The Morgan fingerprint density at radius 2 is 1.62 bits per heavy atom. The van der Waals surface area contributed by atoms with Gasteiger partial charge < -0.3 is 14.8 Å². The number of methoxy groups -OCH3 is 2. The second-order valence-corrected chi connectivity index (χ2v) is 9.70. The fourth-order valence-electron chi connectivity index (χ4n) is 3.57. The molecule has 0 aliphatic heterocycles. The van der Waals surface area contributed by atoms with Crippen molar-refractivity contribution in [3.8, 4) is 11.5 Å². The number of rotatable bonds is 10. The highest BCUT2D eigenvalue weighted by atomic mass is 32.2. The lowest BCUT2D eigenvalue weighted by Gasteiger charge is -2.22. The van der Waals surface area contributed by atoms with E-state index in [2.05, 4.69) is 10.0 Å². The molecule has 0 aromatic heterocycles. The largest absolute Gasteiger partial charge is 0.497 e. The lowest BCUT2D eigenvalue weighted by Crippen LogP contribution is -2.48. The van der Waals surface area contributed by atoms with E-state index in [0.717, 1.165) is 16.7 Å². The van der Waals surface area contributed by atoms with Crippen LogP contribution in [0.2, 0.25) is 0 Å². The van der Waals surface area contributed by atoms with Crippen molar-refractivity contribution in [1.82, 2.24) is 10.0 Å². The molecule has 2 atom stereocenters. The van der Waals surface area contributed by atoms with Crippen LogP contribution in [0.4, 0.5) is 0 Å². The molecular formula is C26H30N2O5S. The SMILES string of the molecule is COc1ccc([C@H](C)NC(=O)[C@@H](Cc2ccccc2)NS(=O)(=O)c2cc(C)ccc2OC)cc1. The molecular weight excluding hydrogens is 452 g/mol. The molecule has 2 N–H and O–H groups in total. The molecule has 0 unspecified atom stereocenters. The van der Waals surface area contributed by atoms with Crippen LogP contribution in [0.3, 0.4) is 0 Å². The minimum absolute atomic E-state index is 0.0101. The Labute approximate surface area is 201 Å². The Balaban J connectivity index is 1.87. The summed E-state index contributed by atoms with van der Waals surface area (Å²) >= 11 is 0. The minimum atomic E-state index is -4.05. The van der Waals surface area contributed by atoms with Crippen molar-refractivity contribution in [2.45, 2.75) is 37.2 Å². The first-order valence-corrected chi connectivity index (χ1v) is 12.4. The molecule has 8 heteroatoms. The average molecular weight is 483 g/mol. The number of carbonyl (C=O) groups excluding carboxylic acids is 1. The van der Waals surface area contributed by atoms with Gasteiger partial charge in [-0.2, -0.15) is 4.72 Å². The Bertz CT molecular complexity index is 1210. The maximum Gasteiger partial charge on any atom is 0.244 e. The van der Waals surface area contributed by atoms with Crippen LogP contribution in [0.25, 0.3) is 0 Å². The Morgan fingerprint density at radius 3 is 2.24 bits per heavy atom. The van der Waals surface area contributed by atoms with Crippen LogP contribution in [-0.4, -0.2) is 34.6 Å². The summed E-state index contributed by atoms with van der Waals surface area (Å²) in [6, 6.07) is 20.1. The van der Waals surface area contributed by atoms with Crippen LogP contribution < -0.4 is 19.5 Å². The van der Waals surface area contributed by atoms with Gasteiger partial charge in [-0.3, -0.25) is 4.79 Å². The first kappa shape index (κ1) is 25.3. The van der Waals surface area contributed by atoms with Crippen molar-refractivity contribution in [3.05, 3.63) is 89.5 Å². The molecule has 34 heavy (non-hydrogen) atoms. The summed E-state index contributed by atoms with van der Waals surface area (Å²) in [6.45, 7) is 3.64. The van der Waals surface area contributed by atoms with E-state index in [9.17, 15) is 13.2 Å². The third-order valence-electron chi connectivity index (χ3n) is 5.48. The summed E-state index contributed by atoms with van der Waals surface area (Å²) in [5, 5.41) is 2.93. The molecule has 1 amide bonds. The highest BCUT2D eigenvalue weighted by molar-refractivity contribution is 7.89. The van der Waals surface area contributed by atoms with Crippen molar-refractivity contribution in [2.75, 3.05) is 14.2 Å². The molecule has 3 aromatic rings. The van der Waals surface area contributed by atoms with Crippen LogP contribution in [0.15, 0.2) is 77.7 Å². The van der Waals surface area contributed by atoms with Gasteiger partial charge in [0, 0.05) is 0 Å². The van der Waals surface area contributed by atoms with E-state index in [4.69, 9.17) is 9.47 Å². The number of carbonyl (C=O) groups is 1. The summed E-state index contributed by atoms with van der Waals surface area (Å²) < 4.78 is 39.7. The van der Waals surface area contributed by atoms with E-state index < -0.39 is 22.0 Å². The Kier molecular flexibility index (Phi) is 8.31. The normalized spacial score (nSPS) is 13.1. The highest BCUT2D eigenvalue weighted by Crippen LogP contribution is 2.25. The predicted octanol–water partition coefficient (Wildman–Crippen LogP) is 3.78. The second kappa shape index (κ2) is 11.2. The van der Waals surface area contributed by atoms with Gasteiger partial charge in [0.2, 0.25) is 15.9 Å². The van der Waals surface area contributed by atoms with Gasteiger partial charge in [0.15, 0.2) is 0 Å². The lowest BCUT2D eigenvalue weighted by atomic mass is 10.0. The van der Waals surface area contributed by atoms with Crippen molar-refractivity contribution in [2.24, 2.45) is 0 Å². The van der Waals surface area contributed by atoms with E-state index in [1.165, 1.54) is 13.2 Å². The molecule has 0 aliphatic rings. The van der Waals surface area contributed by atoms with Gasteiger partial charge in [0.1, 0.15) is 22.4 Å². The summed E-state index contributed by atoms with van der Waals surface area (Å²) in [5.74, 6) is 0.495. The number of amides is 1. The third-order valence-corrected chi connectivity index (χ3v) is 6.97. The molecule has 0 aliphatic carbocycles. The molecule has 0 heterocycles. The van der Waals surface area contributed by atoms with E-state index >= 15 is 0 Å². The quantitative estimate of drug-likeness (QED) is 0.459. The van der Waals surface area contributed by atoms with E-state index in [0.29, 0.717) is 5.75 Å². The molecule has 3 aromatic carbocycles. The maximum atomic E-state index is 13.3. The molecule has 0 spiro atoms. The summed E-state index contributed by atoms with van der Waals surface area (Å²) in [4.78, 5) is 13.3. The number of nitrogens with one attached hydrogen (secondary N) is 2. The smallest absolute Gasteiger partial charge is 0.244 e. The molecule has 0 radical (unpaired) electrons. The van der Waals surface area contributed by atoms with Gasteiger partial charge >= 0.3 is 0 Å². The molecule has 0 bridgehead atoms. The van der Waals surface area contributed by atoms with Crippen LogP contribution in [0.1, 0.15) is 29.7 Å². The van der Waals surface area contributed by atoms with Crippen LogP contribution in [0.5, 0.6) is 11.5 Å². The Hall–Kier alpha value is -3.36. The highest BCUT2D eigenvalue weighted by Gasteiger charge is 2.29. The molecule has 0 saturated heterocycles. The fraction of sp³-hybridized carbons (Fsp3) is 0.269. The van der Waals surface area contributed by atoms with Gasteiger partial charge in [-0.1, -0.05) is 48.5 Å². The van der Waals surface area contributed by atoms with Gasteiger partial charge in [-0.05, 0) is 61.2 Å². The molecule has 7 nitrogen and oxygen atoms in total. The zero-order chi connectivity index (χ0) is 24.7. The number of hydrogen-bond donors (Lipinski definition) is 2. The van der Waals surface area contributed by atoms with Gasteiger partial charge in [0.25, 0.3) is 0 Å². The first-order chi connectivity index (χ1) is 16.2. The molecule has 0 saturated carbocycles. The number of hydrogen-bond acceptors (Lipinski definition) is 5. The van der Waals surface area contributed by atoms with Gasteiger partial charge in [0.05, 0.1) is 20.3 Å². The number of sulfonamides is 1. The topological polar surface area (TPSA) is 93.7 Å². The van der Waals surface area contributed by atoms with Crippen molar-refractivity contribution in [1.29, 1.82) is 0 Å². The Morgan fingerprint density at radius 1 is 0.941 bits per heavy atom. The lowest BCUT2D eigenvalue weighted by molar-refractivity contribution is -0.123. The summed E-state index contributed by atoms with van der Waals surface area (Å²) in [5.41, 5.74) is 2.47. The van der Waals surface area contributed by atoms with E-state index in [-0.39, 0.29) is 23.1 Å². The predicted molar refractivity (Wildman–Crippen MR) is 132 cm³/mol. The second-order valence-electron chi connectivity index (χ2n) is 8.02. The van der Waals surface area contributed by atoms with Crippen molar-refractivity contribution in [3.63, 3.8) is 0 Å². The average Bonchev–Trinajstić information content (AvgIpc) is 2.84. The standard InChI is InChI=1S/C26H30N2O5S/c1-18-10-15-24(33-4)25(16-18)34(30,31)28-23(17-20-8-6-5-7-9-20)26(29)27-19(2)21-11-13-22(32-3)14-12-21/h5-16,19,23,28H,17H2,1-4H3,(H,27,29)/t19-,23+/m0/s1. The maximum absolute atomic E-state index is 13.3. The minimum Gasteiger partial charge on any atom is -0.497 e. The third kappa shape index (κ3) is 6.36. The molecule has 3 rings (SSSR count). The number of ether oxygens (including phenoxy) is 2. The van der Waals surface area contributed by atoms with Gasteiger partial charge in [-0.15, -0.1) is 0 Å². The number of benzene rings is 3. The van der Waals surface area contributed by atoms with Crippen LogP contribution in [-0.2, 0) is 21.2 Å². The molecule has 0 fully saturated rings. The summed E-state index contributed by atoms with van der Waals surface area (Å²) in [7, 11) is -1.05. The van der Waals surface area contributed by atoms with Crippen molar-refractivity contribution < 1.29 is 22.7 Å². The zero-order valence-electron chi connectivity index (χ0n) is 19.7. The van der Waals surface area contributed by atoms with Crippen molar-refractivity contribution >= 4 is 15.9 Å². The van der Waals surface area contributed by atoms with Crippen LogP contribution >= 0.6 is 0 Å². The fourth-order valence-corrected chi connectivity index (χ4v) is 5.02. The van der Waals surface area contributed by atoms with Gasteiger partial charge in [-0.25, -0.2) is 8.42 Å². The zero-order valence-corrected chi connectivity index (χ0v) is 20.6. The number of aryl methyl sites for hydroxylation is 1. The monoisotopic (exact) mass is 482 g/mol. The van der Waals surface area contributed by atoms with E-state index in [1.807, 2.05) is 61.5 Å². The molecule has 180 valence electrons. The van der Waals surface area contributed by atoms with E-state index in [1.54, 1.807) is 26.2 Å². The summed E-state index contributed by atoms with van der Waals surface area (Å²) in [6.07, 6.45) is 0.190. The van der Waals surface area contributed by atoms with Crippen LogP contribution in [0, 0.1) is 6.92 Å².